The van der Waals surface area contributed by atoms with Gasteiger partial charge in [-0.15, -0.1) is 0 Å². The van der Waals surface area contributed by atoms with E-state index in [4.69, 9.17) is 4.74 Å². The van der Waals surface area contributed by atoms with Crippen molar-refractivity contribution in [1.82, 2.24) is 9.38 Å². The molecule has 0 aliphatic heterocycles. The van der Waals surface area contributed by atoms with Gasteiger partial charge in [-0.3, -0.25) is 14.0 Å². The second-order valence-electron chi connectivity index (χ2n) is 7.17. The Morgan fingerprint density at radius 1 is 1.06 bits per heavy atom. The van der Waals surface area contributed by atoms with E-state index in [9.17, 15) is 9.59 Å². The summed E-state index contributed by atoms with van der Waals surface area (Å²) in [6.45, 7) is 3.97. The number of hydrogen-bond donors (Lipinski definition) is 1. The van der Waals surface area contributed by atoms with E-state index in [2.05, 4.69) is 26.2 Å². The number of nitrogens with zero attached hydrogens (tertiary/aromatic N) is 2. The van der Waals surface area contributed by atoms with Crippen molar-refractivity contribution in [1.29, 1.82) is 0 Å². The number of aromatic nitrogens is 2. The highest BCUT2D eigenvalue weighted by atomic mass is 79.9. The number of ether oxygens (including phenoxy) is 1. The van der Waals surface area contributed by atoms with Gasteiger partial charge in [0.05, 0.1) is 11.3 Å². The molecule has 0 atom stereocenters. The second kappa shape index (κ2) is 8.73. The third-order valence-electron chi connectivity index (χ3n) is 4.88. The van der Waals surface area contributed by atoms with Gasteiger partial charge < -0.3 is 10.1 Å². The zero-order chi connectivity index (χ0) is 22.0. The lowest BCUT2D eigenvalue weighted by molar-refractivity contribution is 0.102. The number of anilines is 1. The maximum Gasteiger partial charge on any atom is 0.258 e. The average molecular weight is 478 g/mol. The van der Waals surface area contributed by atoms with E-state index >= 15 is 0 Å². The van der Waals surface area contributed by atoms with Crippen molar-refractivity contribution in [3.05, 3.63) is 104 Å². The Morgan fingerprint density at radius 3 is 2.68 bits per heavy atom. The monoisotopic (exact) mass is 477 g/mol. The molecule has 2 aromatic carbocycles. The lowest BCUT2D eigenvalue weighted by Gasteiger charge is -2.13. The second-order valence-corrected chi connectivity index (χ2v) is 8.03. The van der Waals surface area contributed by atoms with Crippen LogP contribution in [0.4, 0.5) is 5.69 Å². The lowest BCUT2D eigenvalue weighted by Crippen LogP contribution is -2.17. The molecule has 1 N–H and O–H groups in total. The van der Waals surface area contributed by atoms with Gasteiger partial charge in [0.15, 0.2) is 0 Å². The lowest BCUT2D eigenvalue weighted by atomic mass is 10.1. The van der Waals surface area contributed by atoms with Crippen molar-refractivity contribution in [2.45, 2.75) is 20.5 Å². The van der Waals surface area contributed by atoms with Crippen molar-refractivity contribution in [3.8, 4) is 5.75 Å². The van der Waals surface area contributed by atoms with Crippen molar-refractivity contribution in [2.24, 2.45) is 0 Å². The van der Waals surface area contributed by atoms with Crippen LogP contribution in [0.2, 0.25) is 0 Å². The van der Waals surface area contributed by atoms with Gasteiger partial charge in [-0.25, -0.2) is 4.98 Å². The number of nitrogens with one attached hydrogen (secondary N) is 1. The largest absolute Gasteiger partial charge is 0.487 e. The zero-order valence-electron chi connectivity index (χ0n) is 17.1. The smallest absolute Gasteiger partial charge is 0.258 e. The van der Waals surface area contributed by atoms with Crippen molar-refractivity contribution < 1.29 is 9.53 Å². The molecule has 0 aliphatic carbocycles. The molecule has 2 heterocycles. The molecule has 0 saturated carbocycles. The predicted molar refractivity (Wildman–Crippen MR) is 124 cm³/mol. The molecule has 156 valence electrons. The minimum Gasteiger partial charge on any atom is -0.487 e. The molecule has 0 fully saturated rings. The fourth-order valence-electron chi connectivity index (χ4n) is 3.21. The molecule has 7 heteroatoms. The quantitative estimate of drug-likeness (QED) is 0.443. The van der Waals surface area contributed by atoms with E-state index in [-0.39, 0.29) is 18.1 Å². The summed E-state index contributed by atoms with van der Waals surface area (Å²) in [6, 6.07) is 17.9. The van der Waals surface area contributed by atoms with Gasteiger partial charge in [-0.05, 0) is 65.2 Å². The molecule has 6 nitrogen and oxygen atoms in total. The van der Waals surface area contributed by atoms with Crippen molar-refractivity contribution >= 4 is 33.2 Å². The normalized spacial score (nSPS) is 10.8. The average Bonchev–Trinajstić information content (AvgIpc) is 2.75. The first-order valence-corrected chi connectivity index (χ1v) is 10.5. The number of pyridine rings is 1. The summed E-state index contributed by atoms with van der Waals surface area (Å²) < 4.78 is 8.19. The van der Waals surface area contributed by atoms with E-state index in [1.807, 2.05) is 56.3 Å². The number of rotatable bonds is 5. The van der Waals surface area contributed by atoms with Gasteiger partial charge in [0, 0.05) is 28.5 Å². The van der Waals surface area contributed by atoms with Crippen LogP contribution in [0, 0.1) is 13.8 Å². The maximum absolute atomic E-state index is 12.6. The summed E-state index contributed by atoms with van der Waals surface area (Å²) in [5.41, 5.74) is 3.98. The molecule has 0 saturated heterocycles. The Morgan fingerprint density at radius 2 is 1.87 bits per heavy atom. The van der Waals surface area contributed by atoms with Crippen LogP contribution in [0.1, 0.15) is 27.2 Å². The first kappa shape index (κ1) is 20.8. The molecule has 0 spiro atoms. The minimum absolute atomic E-state index is 0.141. The topological polar surface area (TPSA) is 72.7 Å². The van der Waals surface area contributed by atoms with Crippen LogP contribution < -0.4 is 15.6 Å². The molecule has 1 amide bonds. The van der Waals surface area contributed by atoms with Crippen molar-refractivity contribution in [2.75, 3.05) is 5.32 Å². The van der Waals surface area contributed by atoms with E-state index in [0.29, 0.717) is 28.3 Å². The number of hydrogen-bond acceptors (Lipinski definition) is 4. The van der Waals surface area contributed by atoms with Crippen LogP contribution in [0.3, 0.4) is 0 Å². The molecule has 0 unspecified atom stereocenters. The number of fused-ring (bicyclic) bond motifs is 1. The summed E-state index contributed by atoms with van der Waals surface area (Å²) >= 11 is 3.40. The number of amides is 1. The van der Waals surface area contributed by atoms with Crippen LogP contribution in [0.15, 0.2) is 76.1 Å². The van der Waals surface area contributed by atoms with Gasteiger partial charge in [-0.1, -0.05) is 24.3 Å². The van der Waals surface area contributed by atoms with E-state index in [1.165, 1.54) is 10.5 Å². The first-order chi connectivity index (χ1) is 14.9. The Kier molecular flexibility index (Phi) is 5.86. The van der Waals surface area contributed by atoms with Crippen LogP contribution in [0.5, 0.6) is 5.75 Å². The van der Waals surface area contributed by atoms with Gasteiger partial charge in [0.1, 0.15) is 18.0 Å². The van der Waals surface area contributed by atoms with Crippen LogP contribution in [-0.4, -0.2) is 15.3 Å². The third kappa shape index (κ3) is 4.51. The Labute approximate surface area is 187 Å². The Hall–Kier alpha value is -3.45. The molecule has 31 heavy (non-hydrogen) atoms. The van der Waals surface area contributed by atoms with E-state index in [1.54, 1.807) is 18.3 Å². The summed E-state index contributed by atoms with van der Waals surface area (Å²) in [7, 11) is 0. The molecule has 0 radical (unpaired) electrons. The van der Waals surface area contributed by atoms with Crippen molar-refractivity contribution in [3.63, 3.8) is 0 Å². The standard InChI is InChI=1S/C24H20BrN3O3/c1-15-9-10-17(27-24(30)19-7-3-4-8-20(19)25)12-21(15)31-14-18-13-22(29)28-11-5-6-16(2)23(28)26-18/h3-13H,14H2,1-2H3,(H,27,30). The first-order valence-electron chi connectivity index (χ1n) is 9.69. The molecule has 0 aliphatic rings. The highest BCUT2D eigenvalue weighted by Crippen LogP contribution is 2.25. The third-order valence-corrected chi connectivity index (χ3v) is 5.57. The summed E-state index contributed by atoms with van der Waals surface area (Å²) in [6.07, 6.45) is 1.70. The number of benzene rings is 2. The van der Waals surface area contributed by atoms with Crippen LogP contribution in [-0.2, 0) is 6.61 Å². The highest BCUT2D eigenvalue weighted by Gasteiger charge is 2.11. The molecule has 4 aromatic rings. The Bertz CT molecular complexity index is 1350. The highest BCUT2D eigenvalue weighted by molar-refractivity contribution is 9.10. The van der Waals surface area contributed by atoms with Gasteiger partial charge >= 0.3 is 0 Å². The molecule has 4 rings (SSSR count). The van der Waals surface area contributed by atoms with Gasteiger partial charge in [0.2, 0.25) is 0 Å². The van der Waals surface area contributed by atoms with E-state index in [0.717, 1.165) is 15.6 Å². The van der Waals surface area contributed by atoms with E-state index < -0.39 is 0 Å². The summed E-state index contributed by atoms with van der Waals surface area (Å²) in [5, 5.41) is 2.89. The molecule has 2 aromatic heterocycles. The molecule has 0 bridgehead atoms. The van der Waals surface area contributed by atoms with Crippen LogP contribution in [0.25, 0.3) is 5.65 Å². The molecular weight excluding hydrogens is 458 g/mol. The Balaban J connectivity index is 1.54. The fraction of sp³-hybridized carbons (Fsp3) is 0.125. The summed E-state index contributed by atoms with van der Waals surface area (Å²) in [5.74, 6) is 0.388. The van der Waals surface area contributed by atoms with Crippen LogP contribution >= 0.6 is 15.9 Å². The SMILES string of the molecule is Cc1ccc(NC(=O)c2ccccc2Br)cc1OCc1cc(=O)n2cccc(C)c2n1. The van der Waals surface area contributed by atoms with Gasteiger partial charge in [0.25, 0.3) is 11.5 Å². The number of carbonyl (C=O) groups excluding carboxylic acids is 1. The minimum atomic E-state index is -0.220. The van der Waals surface area contributed by atoms with Gasteiger partial charge in [-0.2, -0.15) is 0 Å². The number of halogens is 1. The zero-order valence-corrected chi connectivity index (χ0v) is 18.6. The number of carbonyl (C=O) groups is 1. The fourth-order valence-corrected chi connectivity index (χ4v) is 3.68. The predicted octanol–water partition coefficient (Wildman–Crippen LogP) is 4.91. The number of aryl methyl sites for hydroxylation is 2. The summed E-state index contributed by atoms with van der Waals surface area (Å²) in [4.78, 5) is 29.5. The maximum atomic E-state index is 12.6. The molecular formula is C24H20BrN3O3.